The van der Waals surface area contributed by atoms with Gasteiger partial charge in [0.2, 0.25) is 11.9 Å². The van der Waals surface area contributed by atoms with Gasteiger partial charge in [-0.25, -0.2) is 4.98 Å². The molecule has 6 N–H and O–H groups in total. The number of fused-ring (bicyclic) bond motifs is 1. The Morgan fingerprint density at radius 3 is 2.78 bits per heavy atom. The molecule has 1 amide bonds. The van der Waals surface area contributed by atoms with Crippen LogP contribution in [-0.4, -0.2) is 62.4 Å². The smallest absolute Gasteiger partial charge is 0.224 e. The first-order chi connectivity index (χ1) is 11.0. The van der Waals surface area contributed by atoms with Gasteiger partial charge < -0.3 is 31.1 Å². The zero-order valence-corrected chi connectivity index (χ0v) is 13.0. The molecule has 10 nitrogen and oxygen atoms in total. The molecule has 0 bridgehead atoms. The van der Waals surface area contributed by atoms with Gasteiger partial charge in [-0.2, -0.15) is 9.97 Å². The maximum Gasteiger partial charge on any atom is 0.224 e. The number of carbonyl (C=O) groups excluding carboxylic acids is 1. The van der Waals surface area contributed by atoms with E-state index in [0.717, 1.165) is 0 Å². The molecule has 126 valence electrons. The first-order valence-electron chi connectivity index (χ1n) is 7.19. The highest BCUT2D eigenvalue weighted by Gasteiger charge is 2.24. The summed E-state index contributed by atoms with van der Waals surface area (Å²) in [6, 6.07) is -0.568. The van der Waals surface area contributed by atoms with Crippen molar-refractivity contribution in [3.8, 4) is 0 Å². The van der Waals surface area contributed by atoms with Crippen molar-refractivity contribution < 1.29 is 15.0 Å². The Labute approximate surface area is 132 Å². The molecular weight excluding hydrogens is 302 g/mol. The lowest BCUT2D eigenvalue weighted by Crippen LogP contribution is -2.29. The van der Waals surface area contributed by atoms with Crippen LogP contribution in [0.3, 0.4) is 0 Å². The Morgan fingerprint density at radius 1 is 1.43 bits per heavy atom. The molecule has 2 heterocycles. The molecule has 0 spiro atoms. The number of nitrogens with zero attached hydrogens (tertiary/aromatic N) is 4. The number of hydrogen-bond acceptors (Lipinski definition) is 8. The fourth-order valence-corrected chi connectivity index (χ4v) is 2.39. The third-order valence-corrected chi connectivity index (χ3v) is 3.61. The van der Waals surface area contributed by atoms with Crippen LogP contribution in [0.4, 0.5) is 11.8 Å². The number of nitrogen functional groups attached to an aromatic ring is 1. The lowest BCUT2D eigenvalue weighted by atomic mass is 10.1. The quantitative estimate of drug-likeness (QED) is 0.429. The highest BCUT2D eigenvalue weighted by atomic mass is 16.3. The Balaban J connectivity index is 2.44. The Kier molecular flexibility index (Phi) is 5.29. The number of aliphatic hydroxyl groups is 2. The number of nitrogens with one attached hydrogen (secondary N) is 2. The Morgan fingerprint density at radius 2 is 2.17 bits per heavy atom. The topological polar surface area (TPSA) is 151 Å². The largest absolute Gasteiger partial charge is 0.394 e. The van der Waals surface area contributed by atoms with Gasteiger partial charge in [-0.05, 0) is 6.42 Å². The minimum atomic E-state index is -1.06. The van der Waals surface area contributed by atoms with E-state index < -0.39 is 18.8 Å². The molecule has 2 atom stereocenters. The lowest BCUT2D eigenvalue weighted by Gasteiger charge is -2.23. The molecule has 0 saturated heterocycles. The number of aliphatic hydroxyl groups excluding tert-OH is 2. The number of amides is 1. The van der Waals surface area contributed by atoms with Crippen molar-refractivity contribution in [2.75, 3.05) is 31.8 Å². The molecule has 0 aliphatic rings. The van der Waals surface area contributed by atoms with Gasteiger partial charge in [-0.1, -0.05) is 0 Å². The van der Waals surface area contributed by atoms with E-state index in [1.54, 1.807) is 18.7 Å². The average Bonchev–Trinajstić information content (AvgIpc) is 2.97. The van der Waals surface area contributed by atoms with E-state index in [9.17, 15) is 15.0 Å². The number of anilines is 2. The van der Waals surface area contributed by atoms with Crippen molar-refractivity contribution >= 4 is 28.8 Å². The van der Waals surface area contributed by atoms with Crippen molar-refractivity contribution in [3.63, 3.8) is 0 Å². The summed E-state index contributed by atoms with van der Waals surface area (Å²) in [5.74, 6) is 0.372. The number of carbonyl (C=O) groups is 1. The molecule has 0 aromatic carbocycles. The second-order valence-corrected chi connectivity index (χ2v) is 5.03. The number of nitrogens with two attached hydrogens (primary N) is 1. The first kappa shape index (κ1) is 16.9. The maximum absolute atomic E-state index is 11.5. The molecule has 0 fully saturated rings. The second kappa shape index (κ2) is 7.20. The molecule has 1 unspecified atom stereocenters. The van der Waals surface area contributed by atoms with Crippen LogP contribution in [0.5, 0.6) is 0 Å². The SMILES string of the molecule is CNC(=O)CCC([C@@H](O)CO)n1cnc2c(NC)nc(N)nc21. The van der Waals surface area contributed by atoms with Gasteiger partial charge in [0.1, 0.15) is 0 Å². The van der Waals surface area contributed by atoms with Crippen molar-refractivity contribution in [1.82, 2.24) is 24.8 Å². The van der Waals surface area contributed by atoms with E-state index in [4.69, 9.17) is 5.73 Å². The van der Waals surface area contributed by atoms with E-state index in [1.165, 1.54) is 6.33 Å². The van der Waals surface area contributed by atoms with E-state index in [1.807, 2.05) is 0 Å². The third kappa shape index (κ3) is 3.48. The molecule has 0 aliphatic carbocycles. The van der Waals surface area contributed by atoms with Gasteiger partial charge in [0.25, 0.3) is 0 Å². The Hall–Kier alpha value is -2.46. The van der Waals surface area contributed by atoms with E-state index in [0.29, 0.717) is 23.4 Å². The van der Waals surface area contributed by atoms with Crippen LogP contribution in [0.25, 0.3) is 11.2 Å². The number of rotatable bonds is 7. The zero-order chi connectivity index (χ0) is 17.0. The van der Waals surface area contributed by atoms with E-state index in [2.05, 4.69) is 25.6 Å². The maximum atomic E-state index is 11.5. The summed E-state index contributed by atoms with van der Waals surface area (Å²) >= 11 is 0. The van der Waals surface area contributed by atoms with Gasteiger partial charge in [0.05, 0.1) is 25.1 Å². The molecule has 2 rings (SSSR count). The predicted molar refractivity (Wildman–Crippen MR) is 84.7 cm³/mol. The van der Waals surface area contributed by atoms with Crippen LogP contribution in [0, 0.1) is 0 Å². The summed E-state index contributed by atoms with van der Waals surface area (Å²) in [4.78, 5) is 23.9. The van der Waals surface area contributed by atoms with Crippen molar-refractivity contribution in [1.29, 1.82) is 0 Å². The summed E-state index contributed by atoms with van der Waals surface area (Å²) in [5, 5.41) is 24.8. The minimum absolute atomic E-state index is 0.0622. The predicted octanol–water partition coefficient (Wildman–Crippen LogP) is -1.13. The normalized spacial score (nSPS) is 13.7. The fourth-order valence-electron chi connectivity index (χ4n) is 2.39. The summed E-state index contributed by atoms with van der Waals surface area (Å²) in [7, 11) is 3.23. The second-order valence-electron chi connectivity index (χ2n) is 5.03. The van der Waals surface area contributed by atoms with Crippen LogP contribution in [0.1, 0.15) is 18.9 Å². The molecule has 2 aromatic heterocycles. The average molecular weight is 323 g/mol. The monoisotopic (exact) mass is 323 g/mol. The van der Waals surface area contributed by atoms with Crippen LogP contribution < -0.4 is 16.4 Å². The summed E-state index contributed by atoms with van der Waals surface area (Å²) in [5.41, 5.74) is 6.63. The third-order valence-electron chi connectivity index (χ3n) is 3.61. The van der Waals surface area contributed by atoms with Gasteiger partial charge in [0.15, 0.2) is 17.0 Å². The van der Waals surface area contributed by atoms with Gasteiger partial charge in [-0.3, -0.25) is 4.79 Å². The summed E-state index contributed by atoms with van der Waals surface area (Å²) in [6.45, 7) is -0.447. The molecule has 0 radical (unpaired) electrons. The fraction of sp³-hybridized carbons (Fsp3) is 0.538. The number of hydrogen-bond donors (Lipinski definition) is 5. The van der Waals surface area contributed by atoms with Crippen LogP contribution in [0.15, 0.2) is 6.33 Å². The van der Waals surface area contributed by atoms with Crippen molar-refractivity contribution in [2.24, 2.45) is 0 Å². The molecule has 0 saturated carbocycles. The van der Waals surface area contributed by atoms with Crippen LogP contribution >= 0.6 is 0 Å². The summed E-state index contributed by atoms with van der Waals surface area (Å²) in [6.07, 6.45) is 0.932. The van der Waals surface area contributed by atoms with Gasteiger partial charge >= 0.3 is 0 Å². The lowest BCUT2D eigenvalue weighted by molar-refractivity contribution is -0.121. The standard InChI is InChI=1S/C13H21N7O3/c1-15-9(23)4-3-7(8(22)5-21)20-6-17-10-11(16-2)18-13(14)19-12(10)20/h6-8,21-22H,3-5H2,1-2H3,(H,15,23)(H3,14,16,18,19)/t7?,8-/m0/s1. The highest BCUT2D eigenvalue weighted by molar-refractivity contribution is 5.84. The Bertz CT molecular complexity index is 688. The van der Waals surface area contributed by atoms with Crippen molar-refractivity contribution in [3.05, 3.63) is 6.33 Å². The molecule has 0 aliphatic heterocycles. The number of aromatic nitrogens is 4. The highest BCUT2D eigenvalue weighted by Crippen LogP contribution is 2.26. The molecule has 10 heteroatoms. The van der Waals surface area contributed by atoms with Crippen molar-refractivity contribution in [2.45, 2.75) is 25.0 Å². The van der Waals surface area contributed by atoms with E-state index >= 15 is 0 Å². The van der Waals surface area contributed by atoms with Crippen LogP contribution in [0.2, 0.25) is 0 Å². The first-order valence-corrected chi connectivity index (χ1v) is 7.19. The summed E-state index contributed by atoms with van der Waals surface area (Å²) < 4.78 is 1.61. The van der Waals surface area contributed by atoms with Gasteiger partial charge in [0, 0.05) is 20.5 Å². The number of imidazole rings is 1. The molecule has 2 aromatic rings. The zero-order valence-electron chi connectivity index (χ0n) is 13.0. The molecular formula is C13H21N7O3. The van der Waals surface area contributed by atoms with Crippen LogP contribution in [-0.2, 0) is 4.79 Å². The minimum Gasteiger partial charge on any atom is -0.394 e. The van der Waals surface area contributed by atoms with E-state index in [-0.39, 0.29) is 18.3 Å². The van der Waals surface area contributed by atoms with Gasteiger partial charge in [-0.15, -0.1) is 0 Å². The molecule has 23 heavy (non-hydrogen) atoms.